The summed E-state index contributed by atoms with van der Waals surface area (Å²) in [6.07, 6.45) is 7.71. The highest BCUT2D eigenvalue weighted by Gasteiger charge is 2.45. The van der Waals surface area contributed by atoms with Crippen molar-refractivity contribution in [1.29, 1.82) is 0 Å². The number of nitrogens with zero attached hydrogens (tertiary/aromatic N) is 6. The molecule has 5 fully saturated rings. The Labute approximate surface area is 213 Å². The highest BCUT2D eigenvalue weighted by Crippen LogP contribution is 2.39. The Balaban J connectivity index is 1.05. The van der Waals surface area contributed by atoms with Crippen LogP contribution in [0, 0.1) is 11.8 Å². The number of carbonyl (C=O) groups is 1. The molecule has 1 saturated carbocycles. The van der Waals surface area contributed by atoms with Crippen LogP contribution in [0.5, 0.6) is 5.75 Å². The number of aliphatic hydroxyl groups is 1. The first-order valence-electron chi connectivity index (χ1n) is 13.6. The molecular weight excluding hydrogens is 456 g/mol. The number of amides is 1. The highest BCUT2D eigenvalue weighted by atomic mass is 16.5. The van der Waals surface area contributed by atoms with Gasteiger partial charge in [-0.1, -0.05) is 30.2 Å². The van der Waals surface area contributed by atoms with Crippen LogP contribution < -0.4 is 9.64 Å². The summed E-state index contributed by atoms with van der Waals surface area (Å²) in [4.78, 5) is 20.5. The molecule has 1 aromatic heterocycles. The molecule has 1 unspecified atom stereocenters. The SMILES string of the molecule is COc1ccccc1N1CCN(C(=O)[C@H]2CN3CC[C@H]2C[C@@H]3Cn2cc(C3(O)CCCC3)nn2)CC1. The Morgan fingerprint density at radius 1 is 1.14 bits per heavy atom. The van der Waals surface area contributed by atoms with Crippen molar-refractivity contribution >= 4 is 11.6 Å². The fourth-order valence-electron chi connectivity index (χ4n) is 6.93. The monoisotopic (exact) mass is 494 g/mol. The van der Waals surface area contributed by atoms with Crippen molar-refractivity contribution in [1.82, 2.24) is 24.8 Å². The summed E-state index contributed by atoms with van der Waals surface area (Å²) in [5, 5.41) is 19.5. The molecule has 4 atom stereocenters. The Morgan fingerprint density at radius 3 is 2.64 bits per heavy atom. The van der Waals surface area contributed by atoms with Gasteiger partial charge in [0.05, 0.1) is 31.5 Å². The maximum atomic E-state index is 13.6. The van der Waals surface area contributed by atoms with Crippen LogP contribution in [-0.4, -0.2) is 88.2 Å². The Bertz CT molecular complexity index is 1070. The summed E-state index contributed by atoms with van der Waals surface area (Å²) in [6.45, 7) is 5.84. The first-order valence-corrected chi connectivity index (χ1v) is 13.6. The number of benzene rings is 1. The van der Waals surface area contributed by atoms with Gasteiger partial charge < -0.3 is 19.6 Å². The van der Waals surface area contributed by atoms with E-state index in [-0.39, 0.29) is 5.92 Å². The second-order valence-electron chi connectivity index (χ2n) is 11.1. The summed E-state index contributed by atoms with van der Waals surface area (Å²) in [6, 6.07) is 8.49. The standard InChI is InChI=1S/C27H38N6O3/c1-36-24-7-3-2-6-23(24)30-12-14-31(15-13-30)26(34)22-18-32-11-8-20(22)16-21(32)17-33-19-25(28-29-33)27(35)9-4-5-10-27/h2-3,6-7,19-22,35H,4-5,8-18H2,1H3/t20-,21+,22-/m0/s1. The Kier molecular flexibility index (Phi) is 6.37. The van der Waals surface area contributed by atoms with Crippen LogP contribution in [0.3, 0.4) is 0 Å². The van der Waals surface area contributed by atoms with E-state index in [2.05, 4.69) is 31.1 Å². The fourth-order valence-corrected chi connectivity index (χ4v) is 6.93. The molecular formula is C27H38N6O3. The number of ether oxygens (including phenoxy) is 1. The number of piperidine rings is 3. The van der Waals surface area contributed by atoms with Crippen LogP contribution in [0.15, 0.2) is 30.5 Å². The zero-order valence-electron chi connectivity index (χ0n) is 21.3. The van der Waals surface area contributed by atoms with E-state index in [0.29, 0.717) is 17.9 Å². The van der Waals surface area contributed by atoms with Crippen LogP contribution in [0.1, 0.15) is 44.2 Å². The minimum atomic E-state index is -0.794. The summed E-state index contributed by atoms with van der Waals surface area (Å²) < 4.78 is 7.44. The van der Waals surface area contributed by atoms with Crippen LogP contribution in [0.2, 0.25) is 0 Å². The molecule has 5 aliphatic rings. The molecule has 9 nitrogen and oxygen atoms in total. The molecule has 9 heteroatoms. The third kappa shape index (κ3) is 4.36. The first-order chi connectivity index (χ1) is 17.5. The third-order valence-corrected chi connectivity index (χ3v) is 9.06. The first kappa shape index (κ1) is 23.7. The molecule has 194 valence electrons. The van der Waals surface area contributed by atoms with Crippen LogP contribution >= 0.6 is 0 Å². The van der Waals surface area contributed by atoms with E-state index in [9.17, 15) is 9.90 Å². The number of para-hydroxylation sites is 2. The molecule has 1 amide bonds. The van der Waals surface area contributed by atoms with Crippen molar-refractivity contribution in [2.24, 2.45) is 11.8 Å². The van der Waals surface area contributed by atoms with Gasteiger partial charge in [-0.05, 0) is 50.3 Å². The van der Waals surface area contributed by atoms with Crippen molar-refractivity contribution in [3.8, 4) is 5.75 Å². The van der Waals surface area contributed by atoms with Crippen molar-refractivity contribution in [2.75, 3.05) is 51.3 Å². The van der Waals surface area contributed by atoms with Gasteiger partial charge >= 0.3 is 0 Å². The number of carbonyl (C=O) groups excluding carboxylic acids is 1. The smallest absolute Gasteiger partial charge is 0.227 e. The Hall–Kier alpha value is -2.65. The molecule has 36 heavy (non-hydrogen) atoms. The average molecular weight is 495 g/mol. The van der Waals surface area contributed by atoms with E-state index in [1.54, 1.807) is 7.11 Å². The lowest BCUT2D eigenvalue weighted by molar-refractivity contribution is -0.144. The van der Waals surface area contributed by atoms with E-state index >= 15 is 0 Å². The number of hydrogen-bond acceptors (Lipinski definition) is 7. The fraction of sp³-hybridized carbons (Fsp3) is 0.667. The second-order valence-corrected chi connectivity index (χ2v) is 11.1. The molecule has 5 heterocycles. The summed E-state index contributed by atoms with van der Waals surface area (Å²) in [7, 11) is 1.71. The minimum absolute atomic E-state index is 0.0957. The van der Waals surface area contributed by atoms with Crippen LogP contribution in [-0.2, 0) is 16.9 Å². The van der Waals surface area contributed by atoms with Crippen LogP contribution in [0.25, 0.3) is 0 Å². The molecule has 4 aliphatic heterocycles. The van der Waals surface area contributed by atoms with Crippen molar-refractivity contribution < 1.29 is 14.6 Å². The molecule has 2 bridgehead atoms. The predicted molar refractivity (Wildman–Crippen MR) is 136 cm³/mol. The zero-order chi connectivity index (χ0) is 24.7. The number of hydrogen-bond donors (Lipinski definition) is 1. The van der Waals surface area contributed by atoms with Crippen LogP contribution in [0.4, 0.5) is 5.69 Å². The molecule has 7 rings (SSSR count). The largest absolute Gasteiger partial charge is 0.495 e. The molecule has 1 aromatic carbocycles. The number of fused-ring (bicyclic) bond motifs is 3. The highest BCUT2D eigenvalue weighted by molar-refractivity contribution is 5.80. The second kappa shape index (κ2) is 9.67. The average Bonchev–Trinajstić information content (AvgIpc) is 3.59. The number of rotatable bonds is 6. The van der Waals surface area contributed by atoms with E-state index in [4.69, 9.17) is 4.74 Å². The normalized spacial score (nSPS) is 29.5. The molecule has 0 radical (unpaired) electrons. The molecule has 0 spiro atoms. The summed E-state index contributed by atoms with van der Waals surface area (Å²) in [5.74, 6) is 1.74. The molecule has 4 saturated heterocycles. The number of methoxy groups -OCH3 is 1. The maximum Gasteiger partial charge on any atom is 0.227 e. The molecule has 2 aromatic rings. The van der Waals surface area contributed by atoms with E-state index < -0.39 is 5.60 Å². The number of aromatic nitrogens is 3. The van der Waals surface area contributed by atoms with Gasteiger partial charge in [-0.25, -0.2) is 0 Å². The van der Waals surface area contributed by atoms with E-state index in [1.807, 2.05) is 29.1 Å². The minimum Gasteiger partial charge on any atom is -0.495 e. The lowest BCUT2D eigenvalue weighted by atomic mass is 9.75. The lowest BCUT2D eigenvalue weighted by Gasteiger charge is -2.50. The van der Waals surface area contributed by atoms with E-state index in [1.165, 1.54) is 0 Å². The molecule has 1 aliphatic carbocycles. The summed E-state index contributed by atoms with van der Waals surface area (Å²) >= 11 is 0. The topological polar surface area (TPSA) is 87.0 Å². The lowest BCUT2D eigenvalue weighted by Crippen LogP contribution is -2.60. The summed E-state index contributed by atoms with van der Waals surface area (Å²) in [5.41, 5.74) is 1.03. The van der Waals surface area contributed by atoms with Gasteiger partial charge in [0, 0.05) is 38.8 Å². The van der Waals surface area contributed by atoms with Gasteiger partial charge in [-0.3, -0.25) is 14.4 Å². The van der Waals surface area contributed by atoms with Gasteiger partial charge in [0.2, 0.25) is 5.91 Å². The number of piperazine rings is 1. The van der Waals surface area contributed by atoms with Crippen molar-refractivity contribution in [3.63, 3.8) is 0 Å². The quantitative estimate of drug-likeness (QED) is 0.658. The van der Waals surface area contributed by atoms with Gasteiger partial charge in [0.25, 0.3) is 0 Å². The van der Waals surface area contributed by atoms with Crippen molar-refractivity contribution in [3.05, 3.63) is 36.2 Å². The number of anilines is 1. The zero-order valence-corrected chi connectivity index (χ0v) is 21.3. The Morgan fingerprint density at radius 2 is 1.92 bits per heavy atom. The van der Waals surface area contributed by atoms with Crippen molar-refractivity contribution in [2.45, 2.75) is 56.7 Å². The van der Waals surface area contributed by atoms with Gasteiger partial charge in [-0.2, -0.15) is 0 Å². The predicted octanol–water partition coefficient (Wildman–Crippen LogP) is 2.11. The van der Waals surface area contributed by atoms with E-state index in [0.717, 1.165) is 101 Å². The van der Waals surface area contributed by atoms with Gasteiger partial charge in [0.15, 0.2) is 0 Å². The van der Waals surface area contributed by atoms with Gasteiger partial charge in [0.1, 0.15) is 17.0 Å². The molecule has 1 N–H and O–H groups in total. The maximum absolute atomic E-state index is 13.6. The third-order valence-electron chi connectivity index (χ3n) is 9.06. The van der Waals surface area contributed by atoms with Gasteiger partial charge in [-0.15, -0.1) is 5.10 Å².